The van der Waals surface area contributed by atoms with Crippen LogP contribution in [0.15, 0.2) is 18.3 Å². The van der Waals surface area contributed by atoms with Crippen molar-refractivity contribution in [2.75, 3.05) is 31.1 Å². The van der Waals surface area contributed by atoms with Crippen LogP contribution in [-0.2, 0) is 11.0 Å². The number of rotatable bonds is 2. The van der Waals surface area contributed by atoms with Crippen LogP contribution in [0, 0.1) is 5.92 Å². The molecule has 2 aliphatic heterocycles. The molecule has 0 radical (unpaired) electrons. The molecule has 4 nitrogen and oxygen atoms in total. The molecule has 0 N–H and O–H groups in total. The second-order valence-corrected chi connectivity index (χ2v) is 6.18. The average Bonchev–Trinajstić information content (AvgIpc) is 2.45. The van der Waals surface area contributed by atoms with Gasteiger partial charge in [0.15, 0.2) is 0 Å². The van der Waals surface area contributed by atoms with Crippen LogP contribution in [0.3, 0.4) is 0 Å². The van der Waals surface area contributed by atoms with Gasteiger partial charge in [0.2, 0.25) is 5.91 Å². The highest BCUT2D eigenvalue weighted by atomic mass is 19.4. The minimum Gasteiger partial charge on any atom is -0.369 e. The van der Waals surface area contributed by atoms with Crippen molar-refractivity contribution in [3.8, 4) is 0 Å². The Morgan fingerprint density at radius 2 is 1.79 bits per heavy atom. The van der Waals surface area contributed by atoms with Crippen molar-refractivity contribution >= 4 is 11.6 Å². The first-order valence-corrected chi connectivity index (χ1v) is 7.60. The number of amides is 1. The SMILES string of the molecule is O=C(C1CN(c2ccc(C(F)(F)F)nc2)C1)N1CCC(F)(F)CC1. The van der Waals surface area contributed by atoms with E-state index in [2.05, 4.69) is 4.98 Å². The monoisotopic (exact) mass is 349 g/mol. The number of pyridine rings is 1. The predicted molar refractivity (Wildman–Crippen MR) is 75.7 cm³/mol. The molecular weight excluding hydrogens is 333 g/mol. The Bertz CT molecular complexity index is 601. The molecule has 2 saturated heterocycles. The van der Waals surface area contributed by atoms with Gasteiger partial charge in [-0.2, -0.15) is 13.2 Å². The van der Waals surface area contributed by atoms with E-state index in [4.69, 9.17) is 0 Å². The highest BCUT2D eigenvalue weighted by Gasteiger charge is 2.41. The molecule has 1 amide bonds. The Labute approximate surface area is 135 Å². The summed E-state index contributed by atoms with van der Waals surface area (Å²) in [5, 5.41) is 0. The van der Waals surface area contributed by atoms with E-state index in [1.807, 2.05) is 0 Å². The molecular formula is C15H16F5N3O. The lowest BCUT2D eigenvalue weighted by atomic mass is 9.96. The normalized spacial score (nSPS) is 21.5. The van der Waals surface area contributed by atoms with E-state index in [0.29, 0.717) is 18.8 Å². The zero-order chi connectivity index (χ0) is 17.5. The van der Waals surface area contributed by atoms with Crippen LogP contribution in [0.4, 0.5) is 27.6 Å². The number of hydrogen-bond donors (Lipinski definition) is 0. The lowest BCUT2D eigenvalue weighted by Crippen LogP contribution is -2.56. The molecule has 0 aliphatic carbocycles. The zero-order valence-corrected chi connectivity index (χ0v) is 12.7. The average molecular weight is 349 g/mol. The van der Waals surface area contributed by atoms with Crippen molar-refractivity contribution in [3.05, 3.63) is 24.0 Å². The Hall–Kier alpha value is -1.93. The quantitative estimate of drug-likeness (QED) is 0.771. The molecule has 0 aromatic carbocycles. The van der Waals surface area contributed by atoms with E-state index >= 15 is 0 Å². The molecule has 0 unspecified atom stereocenters. The summed E-state index contributed by atoms with van der Waals surface area (Å²) in [5.74, 6) is -3.17. The van der Waals surface area contributed by atoms with Gasteiger partial charge in [0.05, 0.1) is 17.8 Å². The molecule has 9 heteroatoms. The van der Waals surface area contributed by atoms with E-state index in [1.165, 1.54) is 11.0 Å². The highest BCUT2D eigenvalue weighted by molar-refractivity contribution is 5.82. The summed E-state index contributed by atoms with van der Waals surface area (Å²) in [6, 6.07) is 2.22. The number of halogens is 5. The molecule has 1 aromatic rings. The van der Waals surface area contributed by atoms with Gasteiger partial charge in [-0.05, 0) is 12.1 Å². The fourth-order valence-corrected chi connectivity index (χ4v) is 2.90. The van der Waals surface area contributed by atoms with Crippen molar-refractivity contribution in [1.29, 1.82) is 0 Å². The fourth-order valence-electron chi connectivity index (χ4n) is 2.90. The minimum absolute atomic E-state index is 0.0458. The summed E-state index contributed by atoms with van der Waals surface area (Å²) in [6.45, 7) is 0.811. The molecule has 24 heavy (non-hydrogen) atoms. The molecule has 2 fully saturated rings. The maximum atomic E-state index is 13.1. The van der Waals surface area contributed by atoms with Gasteiger partial charge in [0.1, 0.15) is 5.69 Å². The Kier molecular flexibility index (Phi) is 4.13. The Morgan fingerprint density at radius 1 is 1.17 bits per heavy atom. The summed E-state index contributed by atoms with van der Waals surface area (Å²) in [4.78, 5) is 18.8. The van der Waals surface area contributed by atoms with Gasteiger partial charge in [-0.25, -0.2) is 13.8 Å². The molecule has 2 aliphatic rings. The maximum absolute atomic E-state index is 13.1. The second kappa shape index (κ2) is 5.86. The van der Waals surface area contributed by atoms with Crippen molar-refractivity contribution in [2.45, 2.75) is 24.9 Å². The lowest BCUT2D eigenvalue weighted by Gasteiger charge is -2.43. The van der Waals surface area contributed by atoms with Gasteiger partial charge < -0.3 is 9.80 Å². The number of likely N-dealkylation sites (tertiary alicyclic amines) is 1. The van der Waals surface area contributed by atoms with E-state index in [0.717, 1.165) is 12.3 Å². The van der Waals surface area contributed by atoms with Crippen molar-refractivity contribution in [1.82, 2.24) is 9.88 Å². The third kappa shape index (κ3) is 3.44. The molecule has 1 aromatic heterocycles. The number of nitrogens with zero attached hydrogens (tertiary/aromatic N) is 3. The number of carbonyl (C=O) groups is 1. The summed E-state index contributed by atoms with van der Waals surface area (Å²) < 4.78 is 63.6. The van der Waals surface area contributed by atoms with Gasteiger partial charge >= 0.3 is 6.18 Å². The number of alkyl halides is 5. The summed E-state index contributed by atoms with van der Waals surface area (Å²) in [7, 11) is 0. The first-order chi connectivity index (χ1) is 11.2. The van der Waals surface area contributed by atoms with Gasteiger partial charge in [0.25, 0.3) is 5.92 Å². The number of carbonyl (C=O) groups excluding carboxylic acids is 1. The number of piperidine rings is 1. The molecule has 0 atom stereocenters. The molecule has 3 heterocycles. The van der Waals surface area contributed by atoms with Crippen LogP contribution in [0.5, 0.6) is 0 Å². The van der Waals surface area contributed by atoms with Crippen molar-refractivity contribution < 1.29 is 26.7 Å². The Morgan fingerprint density at radius 3 is 2.29 bits per heavy atom. The smallest absolute Gasteiger partial charge is 0.369 e. The Balaban J connectivity index is 1.53. The summed E-state index contributed by atoms with van der Waals surface area (Å²) in [6.07, 6.45) is -4.00. The first-order valence-electron chi connectivity index (χ1n) is 7.60. The molecule has 0 bridgehead atoms. The topological polar surface area (TPSA) is 36.4 Å². The summed E-state index contributed by atoms with van der Waals surface area (Å²) in [5.41, 5.74) is -0.453. The van der Waals surface area contributed by atoms with Crippen LogP contribution in [0.25, 0.3) is 0 Å². The van der Waals surface area contributed by atoms with Crippen LogP contribution < -0.4 is 4.90 Å². The van der Waals surface area contributed by atoms with Gasteiger partial charge in [-0.15, -0.1) is 0 Å². The van der Waals surface area contributed by atoms with Crippen LogP contribution >= 0.6 is 0 Å². The highest BCUT2D eigenvalue weighted by Crippen LogP contribution is 2.32. The van der Waals surface area contributed by atoms with E-state index in [9.17, 15) is 26.7 Å². The zero-order valence-electron chi connectivity index (χ0n) is 12.7. The maximum Gasteiger partial charge on any atom is 0.433 e. The van der Waals surface area contributed by atoms with Crippen LogP contribution in [0.2, 0.25) is 0 Å². The van der Waals surface area contributed by atoms with Gasteiger partial charge in [-0.3, -0.25) is 4.79 Å². The predicted octanol–water partition coefficient (Wildman–Crippen LogP) is 2.79. The molecule has 0 saturated carbocycles. The number of hydrogen-bond acceptors (Lipinski definition) is 3. The molecule has 3 rings (SSSR count). The van der Waals surface area contributed by atoms with Gasteiger partial charge in [0, 0.05) is 39.0 Å². The van der Waals surface area contributed by atoms with E-state index in [1.54, 1.807) is 4.90 Å². The summed E-state index contributed by atoms with van der Waals surface area (Å²) >= 11 is 0. The molecule has 132 valence electrons. The molecule has 0 spiro atoms. The third-order valence-electron chi connectivity index (χ3n) is 4.44. The number of aromatic nitrogens is 1. The van der Waals surface area contributed by atoms with E-state index in [-0.39, 0.29) is 37.8 Å². The largest absolute Gasteiger partial charge is 0.433 e. The fraction of sp³-hybridized carbons (Fsp3) is 0.600. The van der Waals surface area contributed by atoms with E-state index < -0.39 is 17.8 Å². The second-order valence-electron chi connectivity index (χ2n) is 6.18. The minimum atomic E-state index is -4.48. The van der Waals surface area contributed by atoms with Crippen LogP contribution in [-0.4, -0.2) is 47.9 Å². The standard InChI is InChI=1S/C15H16F5N3O/c16-14(17)3-5-22(6-4-14)13(24)10-8-23(9-10)11-1-2-12(21-7-11)15(18,19)20/h1-2,7,10H,3-6,8-9H2. The third-order valence-corrected chi connectivity index (χ3v) is 4.44. The first kappa shape index (κ1) is 16.9. The lowest BCUT2D eigenvalue weighted by molar-refractivity contribution is -0.142. The van der Waals surface area contributed by atoms with Crippen LogP contribution in [0.1, 0.15) is 18.5 Å². The van der Waals surface area contributed by atoms with Gasteiger partial charge in [-0.1, -0.05) is 0 Å². The number of anilines is 1. The van der Waals surface area contributed by atoms with Crippen molar-refractivity contribution in [2.24, 2.45) is 5.92 Å². The van der Waals surface area contributed by atoms with Crippen molar-refractivity contribution in [3.63, 3.8) is 0 Å².